The Kier molecular flexibility index (Phi) is 6.20. The molecule has 0 bridgehead atoms. The van der Waals surface area contributed by atoms with Gasteiger partial charge in [0.15, 0.2) is 0 Å². The van der Waals surface area contributed by atoms with Crippen LogP contribution in [0.25, 0.3) is 11.1 Å². The molecule has 6 nitrogen and oxygen atoms in total. The van der Waals surface area contributed by atoms with Gasteiger partial charge >= 0.3 is 6.03 Å². The highest BCUT2D eigenvalue weighted by Crippen LogP contribution is 2.24. The average molecular weight is 438 g/mol. The van der Waals surface area contributed by atoms with E-state index in [0.29, 0.717) is 16.8 Å². The predicted octanol–water partition coefficient (Wildman–Crippen LogP) is 4.45. The SMILES string of the molecule is CN(C(=O)Nc1ccc(-c2cc(F)cc(F)c2)cc1)C1CCN(c2cccc(=O)[nH]2)CC1. The van der Waals surface area contributed by atoms with Crippen molar-refractivity contribution in [3.8, 4) is 11.1 Å². The monoisotopic (exact) mass is 438 g/mol. The van der Waals surface area contributed by atoms with E-state index in [1.807, 2.05) is 6.07 Å². The van der Waals surface area contributed by atoms with Gasteiger partial charge in [0.05, 0.1) is 0 Å². The third-order valence-corrected chi connectivity index (χ3v) is 5.76. The van der Waals surface area contributed by atoms with E-state index < -0.39 is 11.6 Å². The number of hydrogen-bond donors (Lipinski definition) is 2. The van der Waals surface area contributed by atoms with Gasteiger partial charge in [0, 0.05) is 44.0 Å². The third-order valence-electron chi connectivity index (χ3n) is 5.76. The van der Waals surface area contributed by atoms with E-state index in [4.69, 9.17) is 0 Å². The van der Waals surface area contributed by atoms with Crippen molar-refractivity contribution in [2.75, 3.05) is 30.4 Å². The Morgan fingerprint density at radius 2 is 1.66 bits per heavy atom. The van der Waals surface area contributed by atoms with Crippen LogP contribution in [0.2, 0.25) is 0 Å². The molecule has 2 heterocycles. The van der Waals surface area contributed by atoms with Gasteiger partial charge in [-0.25, -0.2) is 13.6 Å². The van der Waals surface area contributed by atoms with Crippen molar-refractivity contribution < 1.29 is 13.6 Å². The molecular formula is C24H24F2N4O2. The number of amides is 2. The van der Waals surface area contributed by atoms with Crippen molar-refractivity contribution in [1.29, 1.82) is 0 Å². The van der Waals surface area contributed by atoms with Gasteiger partial charge in [0.2, 0.25) is 5.56 Å². The molecule has 1 aliphatic heterocycles. The lowest BCUT2D eigenvalue weighted by Crippen LogP contribution is -2.47. The van der Waals surface area contributed by atoms with Crippen molar-refractivity contribution in [3.05, 3.63) is 82.7 Å². The Labute approximate surface area is 184 Å². The number of aromatic amines is 1. The number of carbonyl (C=O) groups is 1. The Morgan fingerprint density at radius 1 is 1.00 bits per heavy atom. The largest absolute Gasteiger partial charge is 0.358 e. The molecule has 2 N–H and O–H groups in total. The molecule has 32 heavy (non-hydrogen) atoms. The summed E-state index contributed by atoms with van der Waals surface area (Å²) in [7, 11) is 1.77. The number of urea groups is 1. The molecule has 2 amide bonds. The van der Waals surface area contributed by atoms with Crippen LogP contribution in [0.3, 0.4) is 0 Å². The third kappa shape index (κ3) is 4.96. The zero-order valence-electron chi connectivity index (χ0n) is 17.6. The highest BCUT2D eigenvalue weighted by molar-refractivity contribution is 5.89. The minimum atomic E-state index is -0.635. The number of nitrogens with zero attached hydrogens (tertiary/aromatic N) is 2. The maximum Gasteiger partial charge on any atom is 0.321 e. The van der Waals surface area contributed by atoms with Gasteiger partial charge in [0.1, 0.15) is 17.5 Å². The van der Waals surface area contributed by atoms with Gasteiger partial charge in [0.25, 0.3) is 0 Å². The number of rotatable bonds is 4. The molecule has 0 atom stereocenters. The summed E-state index contributed by atoms with van der Waals surface area (Å²) in [5.74, 6) is -0.478. The van der Waals surface area contributed by atoms with Crippen LogP contribution in [0.15, 0.2) is 65.5 Å². The number of pyridine rings is 1. The number of carbonyl (C=O) groups excluding carboxylic acids is 1. The highest BCUT2D eigenvalue weighted by Gasteiger charge is 2.26. The van der Waals surface area contributed by atoms with E-state index in [1.54, 1.807) is 42.3 Å². The second kappa shape index (κ2) is 9.21. The lowest BCUT2D eigenvalue weighted by Gasteiger charge is -2.37. The summed E-state index contributed by atoms with van der Waals surface area (Å²) < 4.78 is 26.9. The van der Waals surface area contributed by atoms with Crippen LogP contribution >= 0.6 is 0 Å². The molecule has 1 aliphatic rings. The summed E-state index contributed by atoms with van der Waals surface area (Å²) in [5.41, 5.74) is 1.56. The molecule has 0 spiro atoms. The molecule has 8 heteroatoms. The van der Waals surface area contributed by atoms with Gasteiger partial charge in [-0.15, -0.1) is 0 Å². The fraction of sp³-hybridized carbons (Fsp3) is 0.250. The Morgan fingerprint density at radius 3 is 2.28 bits per heavy atom. The van der Waals surface area contributed by atoms with Crippen LogP contribution < -0.4 is 15.8 Å². The molecule has 2 aromatic carbocycles. The second-order valence-electron chi connectivity index (χ2n) is 7.90. The molecule has 1 fully saturated rings. The molecule has 0 aliphatic carbocycles. The molecule has 1 aromatic heterocycles. The minimum absolute atomic E-state index is 0.0798. The molecule has 4 rings (SSSR count). The predicted molar refractivity (Wildman–Crippen MR) is 121 cm³/mol. The van der Waals surface area contributed by atoms with E-state index in [2.05, 4.69) is 15.2 Å². The summed E-state index contributed by atoms with van der Waals surface area (Å²) >= 11 is 0. The topological polar surface area (TPSA) is 68.4 Å². The quantitative estimate of drug-likeness (QED) is 0.632. The normalized spacial score (nSPS) is 14.3. The molecule has 1 saturated heterocycles. The van der Waals surface area contributed by atoms with Gasteiger partial charge in [-0.3, -0.25) is 4.79 Å². The van der Waals surface area contributed by atoms with Crippen LogP contribution in [0, 0.1) is 11.6 Å². The Bertz CT molecular complexity index is 1130. The summed E-state index contributed by atoms with van der Waals surface area (Å²) in [5, 5.41) is 2.87. The maximum absolute atomic E-state index is 13.4. The van der Waals surface area contributed by atoms with Gasteiger partial charge in [-0.05, 0) is 54.3 Å². The van der Waals surface area contributed by atoms with E-state index in [-0.39, 0.29) is 17.6 Å². The van der Waals surface area contributed by atoms with E-state index in [1.165, 1.54) is 18.2 Å². The first-order valence-electron chi connectivity index (χ1n) is 10.4. The zero-order valence-corrected chi connectivity index (χ0v) is 17.6. The molecule has 166 valence electrons. The van der Waals surface area contributed by atoms with Crippen molar-refractivity contribution >= 4 is 17.5 Å². The maximum atomic E-state index is 13.4. The first kappa shape index (κ1) is 21.5. The van der Waals surface area contributed by atoms with Crippen LogP contribution in [0.5, 0.6) is 0 Å². The second-order valence-corrected chi connectivity index (χ2v) is 7.90. The van der Waals surface area contributed by atoms with E-state index >= 15 is 0 Å². The first-order chi connectivity index (χ1) is 15.4. The molecule has 0 radical (unpaired) electrons. The van der Waals surface area contributed by atoms with Crippen LogP contribution in [0.4, 0.5) is 25.1 Å². The van der Waals surface area contributed by atoms with Gasteiger partial charge < -0.3 is 20.1 Å². The minimum Gasteiger partial charge on any atom is -0.358 e. The molecule has 0 unspecified atom stereocenters. The molecular weight excluding hydrogens is 414 g/mol. The number of piperidine rings is 1. The number of benzene rings is 2. The van der Waals surface area contributed by atoms with Gasteiger partial charge in [-0.1, -0.05) is 18.2 Å². The highest BCUT2D eigenvalue weighted by atomic mass is 19.1. The fourth-order valence-electron chi connectivity index (χ4n) is 3.96. The number of anilines is 2. The standard InChI is InChI=1S/C24H24F2N4O2/c1-29(21-9-11-30(12-10-21)22-3-2-4-23(31)28-22)24(32)27-20-7-5-16(6-8-20)17-13-18(25)15-19(26)14-17/h2-8,13-15,21H,9-12H2,1H3,(H,27,32)(H,28,31). The number of hydrogen-bond acceptors (Lipinski definition) is 3. The van der Waals surface area contributed by atoms with Gasteiger partial charge in [-0.2, -0.15) is 0 Å². The Hall–Kier alpha value is -3.68. The van der Waals surface area contributed by atoms with Crippen molar-refractivity contribution in [2.45, 2.75) is 18.9 Å². The zero-order chi connectivity index (χ0) is 22.7. The van der Waals surface area contributed by atoms with Crippen LogP contribution in [-0.2, 0) is 0 Å². The first-order valence-corrected chi connectivity index (χ1v) is 10.4. The summed E-state index contributed by atoms with van der Waals surface area (Å²) in [6, 6.07) is 15.1. The van der Waals surface area contributed by atoms with E-state index in [9.17, 15) is 18.4 Å². The summed E-state index contributed by atoms with van der Waals surface area (Å²) in [6.07, 6.45) is 1.57. The summed E-state index contributed by atoms with van der Waals surface area (Å²) in [4.78, 5) is 30.9. The number of H-pyrrole nitrogens is 1. The number of aromatic nitrogens is 1. The number of nitrogens with one attached hydrogen (secondary N) is 2. The smallest absolute Gasteiger partial charge is 0.321 e. The van der Waals surface area contributed by atoms with Crippen molar-refractivity contribution in [2.24, 2.45) is 0 Å². The lowest BCUT2D eigenvalue weighted by molar-refractivity contribution is 0.193. The van der Waals surface area contributed by atoms with Crippen LogP contribution in [-0.4, -0.2) is 42.1 Å². The fourth-order valence-corrected chi connectivity index (χ4v) is 3.96. The van der Waals surface area contributed by atoms with Crippen molar-refractivity contribution in [1.82, 2.24) is 9.88 Å². The van der Waals surface area contributed by atoms with Crippen LogP contribution in [0.1, 0.15) is 12.8 Å². The lowest BCUT2D eigenvalue weighted by atomic mass is 10.0. The average Bonchev–Trinajstić information content (AvgIpc) is 2.78. The number of halogens is 2. The molecule has 0 saturated carbocycles. The molecule has 3 aromatic rings. The summed E-state index contributed by atoms with van der Waals surface area (Å²) in [6.45, 7) is 1.47. The van der Waals surface area contributed by atoms with E-state index in [0.717, 1.165) is 37.8 Å². The Balaban J connectivity index is 1.34. The van der Waals surface area contributed by atoms with Crippen molar-refractivity contribution in [3.63, 3.8) is 0 Å².